The zero-order chi connectivity index (χ0) is 7.11. The fourth-order valence-electron chi connectivity index (χ4n) is 0.214. The van der Waals surface area contributed by atoms with Crippen molar-refractivity contribution in [3.8, 4) is 0 Å². The Kier molecular flexibility index (Phi) is 4.66. The van der Waals surface area contributed by atoms with Crippen LogP contribution in [0.2, 0.25) is 0 Å². The zero-order valence-corrected chi connectivity index (χ0v) is 5.07. The Labute approximate surface area is 52.8 Å². The number of amides is 1. The Morgan fingerprint density at radius 2 is 2.56 bits per heavy atom. The molecule has 3 N–H and O–H groups in total. The molecule has 52 valence electrons. The molecule has 0 rings (SSSR count). The number of nitrogens with one attached hydrogen (secondary N) is 1. The minimum atomic E-state index is -0.280. The minimum Gasteiger partial charge on any atom is -0.296 e. The first-order valence-corrected chi connectivity index (χ1v) is 2.39. The fraction of sp³-hybridized carbons (Fsp3) is 0.500. The van der Waals surface area contributed by atoms with Crippen LogP contribution in [-0.4, -0.2) is 18.7 Å². The quantitative estimate of drug-likeness (QED) is 0.292. The summed E-state index contributed by atoms with van der Waals surface area (Å²) in [5.41, 5.74) is 2.07. The first kappa shape index (κ1) is 8.06. The van der Waals surface area contributed by atoms with E-state index in [9.17, 15) is 4.79 Å². The molecular weight excluding hydrogens is 122 g/mol. The Hall–Kier alpha value is -0.940. The smallest absolute Gasteiger partial charge is 0.227 e. The Morgan fingerprint density at radius 3 is 3.00 bits per heavy atom. The maximum atomic E-state index is 9.58. The molecule has 0 saturated carbocycles. The van der Waals surface area contributed by atoms with E-state index >= 15 is 0 Å². The fourth-order valence-corrected chi connectivity index (χ4v) is 0.214. The van der Waals surface area contributed by atoms with Crippen LogP contribution >= 0.6 is 0 Å². The van der Waals surface area contributed by atoms with Gasteiger partial charge in [-0.1, -0.05) is 0 Å². The standard InChI is InChI=1S/C4H9N3O2/c1-4(9-5)2-6-7-3-8/h2-4H,5H2,1H3,(H,7,8)/b6-2-. The normalized spacial score (nSPS) is 13.6. The average Bonchev–Trinajstić information content (AvgIpc) is 1.89. The highest BCUT2D eigenvalue weighted by Crippen LogP contribution is 1.75. The predicted octanol–water partition coefficient (Wildman–Crippen LogP) is -1.00. The molecular formula is C4H9N3O2. The van der Waals surface area contributed by atoms with E-state index in [4.69, 9.17) is 5.90 Å². The molecule has 0 aromatic rings. The predicted molar refractivity (Wildman–Crippen MR) is 32.4 cm³/mol. The topological polar surface area (TPSA) is 76.7 Å². The summed E-state index contributed by atoms with van der Waals surface area (Å²) in [6.07, 6.45) is 1.55. The molecule has 0 aliphatic carbocycles. The van der Waals surface area contributed by atoms with E-state index in [2.05, 4.69) is 15.4 Å². The van der Waals surface area contributed by atoms with Gasteiger partial charge in [-0.2, -0.15) is 5.10 Å². The maximum absolute atomic E-state index is 9.58. The van der Waals surface area contributed by atoms with Gasteiger partial charge in [-0.25, -0.2) is 11.3 Å². The first-order valence-electron chi connectivity index (χ1n) is 2.39. The van der Waals surface area contributed by atoms with E-state index in [0.717, 1.165) is 0 Å². The summed E-state index contributed by atoms with van der Waals surface area (Å²) in [7, 11) is 0. The molecule has 0 aliphatic heterocycles. The maximum Gasteiger partial charge on any atom is 0.227 e. The second-order valence-electron chi connectivity index (χ2n) is 1.37. The lowest BCUT2D eigenvalue weighted by Crippen LogP contribution is -2.16. The lowest BCUT2D eigenvalue weighted by atomic mass is 10.5. The van der Waals surface area contributed by atoms with Gasteiger partial charge in [0, 0.05) is 0 Å². The molecule has 1 unspecified atom stereocenters. The SMILES string of the molecule is CC(/C=N\NC=O)ON. The highest BCUT2D eigenvalue weighted by molar-refractivity contribution is 5.63. The summed E-state index contributed by atoms with van der Waals surface area (Å²) in [5, 5.41) is 3.41. The van der Waals surface area contributed by atoms with E-state index in [1.54, 1.807) is 6.92 Å². The third-order valence-corrected chi connectivity index (χ3v) is 0.626. The lowest BCUT2D eigenvalue weighted by Gasteiger charge is -1.97. The summed E-state index contributed by atoms with van der Waals surface area (Å²) < 4.78 is 0. The summed E-state index contributed by atoms with van der Waals surface area (Å²) >= 11 is 0. The summed E-state index contributed by atoms with van der Waals surface area (Å²) in [6.45, 7) is 1.69. The molecule has 0 bridgehead atoms. The molecule has 0 spiro atoms. The van der Waals surface area contributed by atoms with Crippen LogP contribution in [0.1, 0.15) is 6.92 Å². The van der Waals surface area contributed by atoms with Crippen LogP contribution in [0.25, 0.3) is 0 Å². The van der Waals surface area contributed by atoms with E-state index in [0.29, 0.717) is 6.41 Å². The van der Waals surface area contributed by atoms with Crippen molar-refractivity contribution in [1.29, 1.82) is 0 Å². The van der Waals surface area contributed by atoms with Crippen molar-refractivity contribution in [2.24, 2.45) is 11.0 Å². The number of hydrogen-bond acceptors (Lipinski definition) is 4. The second kappa shape index (κ2) is 5.20. The second-order valence-corrected chi connectivity index (χ2v) is 1.37. The molecule has 0 radical (unpaired) electrons. The van der Waals surface area contributed by atoms with Gasteiger partial charge in [0.1, 0.15) is 6.10 Å². The van der Waals surface area contributed by atoms with Crippen LogP contribution in [0.5, 0.6) is 0 Å². The van der Waals surface area contributed by atoms with E-state index in [1.807, 2.05) is 0 Å². The number of hydrogen-bond donors (Lipinski definition) is 2. The van der Waals surface area contributed by atoms with Crippen LogP contribution in [-0.2, 0) is 9.63 Å². The van der Waals surface area contributed by atoms with Crippen molar-refractivity contribution in [2.45, 2.75) is 13.0 Å². The van der Waals surface area contributed by atoms with Crippen molar-refractivity contribution in [1.82, 2.24) is 5.43 Å². The van der Waals surface area contributed by atoms with Crippen molar-refractivity contribution >= 4 is 12.6 Å². The van der Waals surface area contributed by atoms with Gasteiger partial charge in [0.15, 0.2) is 0 Å². The van der Waals surface area contributed by atoms with Gasteiger partial charge < -0.3 is 0 Å². The molecule has 0 aromatic heterocycles. The Balaban J connectivity index is 3.31. The molecule has 0 saturated heterocycles. The number of rotatable bonds is 4. The number of hydrazone groups is 1. The summed E-state index contributed by atoms with van der Waals surface area (Å²) in [4.78, 5) is 13.9. The monoisotopic (exact) mass is 131 g/mol. The van der Waals surface area contributed by atoms with E-state index < -0.39 is 0 Å². The third-order valence-electron chi connectivity index (χ3n) is 0.626. The molecule has 1 atom stereocenters. The number of carbonyl (C=O) groups is 1. The van der Waals surface area contributed by atoms with Crippen molar-refractivity contribution in [3.05, 3.63) is 0 Å². The van der Waals surface area contributed by atoms with Crippen LogP contribution < -0.4 is 11.3 Å². The first-order chi connectivity index (χ1) is 4.31. The summed E-state index contributed by atoms with van der Waals surface area (Å²) in [6, 6.07) is 0. The van der Waals surface area contributed by atoms with Gasteiger partial charge in [-0.05, 0) is 6.92 Å². The van der Waals surface area contributed by atoms with E-state index in [-0.39, 0.29) is 6.10 Å². The van der Waals surface area contributed by atoms with Crippen molar-refractivity contribution < 1.29 is 9.63 Å². The largest absolute Gasteiger partial charge is 0.296 e. The van der Waals surface area contributed by atoms with Gasteiger partial charge in [0.2, 0.25) is 6.41 Å². The average molecular weight is 131 g/mol. The van der Waals surface area contributed by atoms with Gasteiger partial charge in [0.25, 0.3) is 0 Å². The molecule has 9 heavy (non-hydrogen) atoms. The zero-order valence-electron chi connectivity index (χ0n) is 5.07. The molecule has 0 fully saturated rings. The number of nitrogens with zero attached hydrogens (tertiary/aromatic N) is 1. The van der Waals surface area contributed by atoms with Crippen LogP contribution in [0, 0.1) is 0 Å². The molecule has 0 aliphatic rings. The highest BCUT2D eigenvalue weighted by atomic mass is 16.6. The molecule has 1 amide bonds. The van der Waals surface area contributed by atoms with E-state index in [1.165, 1.54) is 6.21 Å². The molecule has 5 nitrogen and oxygen atoms in total. The van der Waals surface area contributed by atoms with Gasteiger partial charge in [-0.3, -0.25) is 9.63 Å². The van der Waals surface area contributed by atoms with Gasteiger partial charge in [-0.15, -0.1) is 0 Å². The summed E-state index contributed by atoms with van der Waals surface area (Å²) in [5.74, 6) is 4.75. The Bertz CT molecular complexity index is 104. The number of carbonyl (C=O) groups excluding carboxylic acids is 1. The molecule has 5 heteroatoms. The third kappa shape index (κ3) is 4.92. The van der Waals surface area contributed by atoms with Crippen LogP contribution in [0.4, 0.5) is 0 Å². The van der Waals surface area contributed by atoms with Crippen LogP contribution in [0.3, 0.4) is 0 Å². The molecule has 0 heterocycles. The minimum absolute atomic E-state index is 0.280. The Morgan fingerprint density at radius 1 is 1.89 bits per heavy atom. The van der Waals surface area contributed by atoms with Crippen molar-refractivity contribution in [2.75, 3.05) is 0 Å². The van der Waals surface area contributed by atoms with Crippen molar-refractivity contribution in [3.63, 3.8) is 0 Å². The molecule has 0 aromatic carbocycles. The van der Waals surface area contributed by atoms with Gasteiger partial charge >= 0.3 is 0 Å². The number of nitrogens with two attached hydrogens (primary N) is 1. The highest BCUT2D eigenvalue weighted by Gasteiger charge is 1.90. The van der Waals surface area contributed by atoms with Gasteiger partial charge in [0.05, 0.1) is 6.21 Å². The van der Waals surface area contributed by atoms with Crippen LogP contribution in [0.15, 0.2) is 5.10 Å². The lowest BCUT2D eigenvalue weighted by molar-refractivity contribution is -0.109.